The Morgan fingerprint density at radius 2 is 1.91 bits per heavy atom. The number of aryl methyl sites for hydroxylation is 2. The van der Waals surface area contributed by atoms with Gasteiger partial charge in [-0.3, -0.25) is 0 Å². The average Bonchev–Trinajstić information content (AvgIpc) is 2.56. The predicted octanol–water partition coefficient (Wildman–Crippen LogP) is 4.51. The van der Waals surface area contributed by atoms with E-state index in [2.05, 4.69) is 54.9 Å². The van der Waals surface area contributed by atoms with Crippen LogP contribution in [-0.2, 0) is 6.42 Å². The Hall–Kier alpha value is -2.29. The van der Waals surface area contributed by atoms with Crippen molar-refractivity contribution in [2.75, 3.05) is 20.7 Å². The van der Waals surface area contributed by atoms with E-state index >= 15 is 0 Å². The molecule has 0 aliphatic carbocycles. The van der Waals surface area contributed by atoms with E-state index in [9.17, 15) is 0 Å². The third kappa shape index (κ3) is 4.59. The molecule has 0 fully saturated rings. The molecule has 0 radical (unpaired) electrons. The van der Waals surface area contributed by atoms with Crippen LogP contribution in [0.1, 0.15) is 29.2 Å². The van der Waals surface area contributed by atoms with Crippen LogP contribution < -0.4 is 4.74 Å². The molecule has 2 aromatic rings. The fourth-order valence-electron chi connectivity index (χ4n) is 2.44. The molecular formula is C20H26N2O. The van der Waals surface area contributed by atoms with Gasteiger partial charge in [0.2, 0.25) is 0 Å². The lowest BCUT2D eigenvalue weighted by Gasteiger charge is -2.12. The van der Waals surface area contributed by atoms with Gasteiger partial charge in [-0.1, -0.05) is 18.2 Å². The van der Waals surface area contributed by atoms with Crippen LogP contribution >= 0.6 is 0 Å². The summed E-state index contributed by atoms with van der Waals surface area (Å²) in [5.41, 5.74) is 6.10. The molecule has 0 aliphatic rings. The molecule has 2 rings (SSSR count). The van der Waals surface area contributed by atoms with Gasteiger partial charge in [-0.05, 0) is 67.6 Å². The average molecular weight is 310 g/mol. The Balaban J connectivity index is 2.24. The largest absolute Gasteiger partial charge is 0.497 e. The summed E-state index contributed by atoms with van der Waals surface area (Å²) in [7, 11) is 3.73. The minimum atomic E-state index is 0.903. The number of hydrogen-bond donors (Lipinski definition) is 0. The highest BCUT2D eigenvalue weighted by atomic mass is 16.5. The number of benzene rings is 2. The molecule has 0 saturated heterocycles. The summed E-state index contributed by atoms with van der Waals surface area (Å²) in [5, 5.41) is 0. The molecule has 0 heterocycles. The highest BCUT2D eigenvalue weighted by Gasteiger charge is 2.06. The highest BCUT2D eigenvalue weighted by molar-refractivity contribution is 5.64. The second-order valence-corrected chi connectivity index (χ2v) is 5.91. The quantitative estimate of drug-likeness (QED) is 0.579. The monoisotopic (exact) mass is 310 g/mol. The SMILES string of the molecule is CCN(C)C=Nc1cc(C)c(Cc2cccc(OC)c2)cc1C. The van der Waals surface area contributed by atoms with E-state index in [0.717, 1.165) is 24.4 Å². The van der Waals surface area contributed by atoms with E-state index in [1.165, 1.54) is 22.3 Å². The van der Waals surface area contributed by atoms with Gasteiger partial charge >= 0.3 is 0 Å². The molecule has 2 aromatic carbocycles. The fraction of sp³-hybridized carbons (Fsp3) is 0.350. The molecule has 3 nitrogen and oxygen atoms in total. The summed E-state index contributed by atoms with van der Waals surface area (Å²) < 4.78 is 5.31. The van der Waals surface area contributed by atoms with E-state index in [1.807, 2.05) is 25.5 Å². The summed E-state index contributed by atoms with van der Waals surface area (Å²) in [6.45, 7) is 7.33. The van der Waals surface area contributed by atoms with Gasteiger partial charge in [-0.15, -0.1) is 0 Å². The van der Waals surface area contributed by atoms with Crippen molar-refractivity contribution in [2.24, 2.45) is 4.99 Å². The second-order valence-electron chi connectivity index (χ2n) is 5.91. The molecule has 0 aliphatic heterocycles. The smallest absolute Gasteiger partial charge is 0.119 e. The van der Waals surface area contributed by atoms with Crippen molar-refractivity contribution in [1.82, 2.24) is 4.90 Å². The van der Waals surface area contributed by atoms with E-state index in [-0.39, 0.29) is 0 Å². The molecule has 0 amide bonds. The standard InChI is InChI=1S/C20H26N2O/c1-6-22(4)14-21-20-11-15(2)18(10-16(20)3)12-17-8-7-9-19(13-17)23-5/h7-11,13-14H,6,12H2,1-5H3. The third-order valence-corrected chi connectivity index (χ3v) is 4.08. The lowest BCUT2D eigenvalue weighted by atomic mass is 9.97. The summed E-state index contributed by atoms with van der Waals surface area (Å²) in [5.74, 6) is 0.903. The van der Waals surface area contributed by atoms with E-state index < -0.39 is 0 Å². The fourth-order valence-corrected chi connectivity index (χ4v) is 2.44. The molecule has 0 N–H and O–H groups in total. The van der Waals surface area contributed by atoms with Gasteiger partial charge in [0, 0.05) is 13.6 Å². The van der Waals surface area contributed by atoms with Gasteiger partial charge in [0.1, 0.15) is 5.75 Å². The van der Waals surface area contributed by atoms with Gasteiger partial charge in [0.25, 0.3) is 0 Å². The van der Waals surface area contributed by atoms with Crippen LogP contribution in [0.4, 0.5) is 5.69 Å². The van der Waals surface area contributed by atoms with Crippen molar-refractivity contribution < 1.29 is 4.74 Å². The normalized spacial score (nSPS) is 11.0. The maximum Gasteiger partial charge on any atom is 0.119 e. The molecule has 0 spiro atoms. The van der Waals surface area contributed by atoms with Crippen molar-refractivity contribution in [3.8, 4) is 5.75 Å². The number of ether oxygens (including phenoxy) is 1. The van der Waals surface area contributed by atoms with Crippen molar-refractivity contribution in [3.63, 3.8) is 0 Å². The zero-order chi connectivity index (χ0) is 16.8. The third-order valence-electron chi connectivity index (χ3n) is 4.08. The van der Waals surface area contributed by atoms with Crippen LogP contribution in [0.25, 0.3) is 0 Å². The number of hydrogen-bond acceptors (Lipinski definition) is 2. The second kappa shape index (κ2) is 7.82. The van der Waals surface area contributed by atoms with Gasteiger partial charge in [0.05, 0.1) is 19.1 Å². The molecule has 0 bridgehead atoms. The Morgan fingerprint density at radius 3 is 2.61 bits per heavy atom. The minimum absolute atomic E-state index is 0.903. The van der Waals surface area contributed by atoms with Crippen LogP contribution in [-0.4, -0.2) is 31.9 Å². The van der Waals surface area contributed by atoms with Crippen molar-refractivity contribution >= 4 is 12.0 Å². The van der Waals surface area contributed by atoms with E-state index in [0.29, 0.717) is 0 Å². The topological polar surface area (TPSA) is 24.8 Å². The van der Waals surface area contributed by atoms with E-state index in [1.54, 1.807) is 7.11 Å². The lowest BCUT2D eigenvalue weighted by molar-refractivity contribution is 0.414. The maximum absolute atomic E-state index is 5.31. The van der Waals surface area contributed by atoms with Crippen molar-refractivity contribution in [2.45, 2.75) is 27.2 Å². The molecule has 23 heavy (non-hydrogen) atoms. The molecule has 3 heteroatoms. The number of methoxy groups -OCH3 is 1. The Labute approximate surface area is 139 Å². The number of nitrogens with zero attached hydrogens (tertiary/aromatic N) is 2. The molecule has 0 aromatic heterocycles. The summed E-state index contributed by atoms with van der Waals surface area (Å²) in [6, 6.07) is 12.7. The van der Waals surface area contributed by atoms with Crippen molar-refractivity contribution in [1.29, 1.82) is 0 Å². The first-order chi connectivity index (χ1) is 11.0. The lowest BCUT2D eigenvalue weighted by Crippen LogP contribution is -2.14. The zero-order valence-corrected chi connectivity index (χ0v) is 14.8. The first-order valence-corrected chi connectivity index (χ1v) is 8.01. The summed E-state index contributed by atoms with van der Waals surface area (Å²) in [4.78, 5) is 6.66. The van der Waals surface area contributed by atoms with Crippen LogP contribution in [0.3, 0.4) is 0 Å². The van der Waals surface area contributed by atoms with Gasteiger partial charge in [-0.2, -0.15) is 0 Å². The highest BCUT2D eigenvalue weighted by Crippen LogP contribution is 2.25. The molecule has 0 unspecified atom stereocenters. The van der Waals surface area contributed by atoms with Crippen LogP contribution in [0.15, 0.2) is 41.4 Å². The van der Waals surface area contributed by atoms with Crippen LogP contribution in [0.5, 0.6) is 5.75 Å². The predicted molar refractivity (Wildman–Crippen MR) is 98.2 cm³/mol. The molecule has 0 atom stereocenters. The Kier molecular flexibility index (Phi) is 5.80. The Morgan fingerprint density at radius 1 is 1.13 bits per heavy atom. The van der Waals surface area contributed by atoms with Crippen LogP contribution in [0.2, 0.25) is 0 Å². The number of aliphatic imine (C=N–C) groups is 1. The maximum atomic E-state index is 5.31. The van der Waals surface area contributed by atoms with E-state index in [4.69, 9.17) is 4.74 Å². The number of rotatable bonds is 6. The van der Waals surface area contributed by atoms with Gasteiger partial charge in [0.15, 0.2) is 0 Å². The van der Waals surface area contributed by atoms with Gasteiger partial charge in [-0.25, -0.2) is 4.99 Å². The first-order valence-electron chi connectivity index (χ1n) is 8.01. The molecule has 0 saturated carbocycles. The van der Waals surface area contributed by atoms with Gasteiger partial charge < -0.3 is 9.64 Å². The minimum Gasteiger partial charge on any atom is -0.497 e. The van der Waals surface area contributed by atoms with Crippen molar-refractivity contribution in [3.05, 3.63) is 58.7 Å². The summed E-state index contributed by atoms with van der Waals surface area (Å²) >= 11 is 0. The Bertz CT molecular complexity index is 692. The molecule has 122 valence electrons. The first kappa shape index (κ1) is 17.1. The molecular weight excluding hydrogens is 284 g/mol. The summed E-state index contributed by atoms with van der Waals surface area (Å²) in [6.07, 6.45) is 2.80. The van der Waals surface area contributed by atoms with Crippen LogP contribution in [0, 0.1) is 13.8 Å². The zero-order valence-electron chi connectivity index (χ0n) is 14.8.